The standard InChI is InChI=1S/C16H21N3/c1-19-9-8-13(11-18-14-6-7-14)16(19)15-5-3-2-4-12(15)10-17/h2-5,13-14,16,18H,6-9,11H2,1H3. The van der Waals surface area contributed by atoms with Crippen molar-refractivity contribution in [3.05, 3.63) is 35.4 Å². The quantitative estimate of drug-likeness (QED) is 0.897. The molecule has 2 atom stereocenters. The third-order valence-corrected chi connectivity index (χ3v) is 4.42. The number of rotatable bonds is 4. The first kappa shape index (κ1) is 12.7. The highest BCUT2D eigenvalue weighted by Crippen LogP contribution is 2.37. The number of nitrogens with one attached hydrogen (secondary N) is 1. The summed E-state index contributed by atoms with van der Waals surface area (Å²) in [4.78, 5) is 2.40. The van der Waals surface area contributed by atoms with E-state index in [9.17, 15) is 5.26 Å². The van der Waals surface area contributed by atoms with Crippen LogP contribution in [0.25, 0.3) is 0 Å². The Labute approximate surface area is 115 Å². The lowest BCUT2D eigenvalue weighted by atomic mass is 9.91. The molecular weight excluding hydrogens is 234 g/mol. The molecule has 2 fully saturated rings. The molecule has 0 bridgehead atoms. The first-order chi connectivity index (χ1) is 9.29. The van der Waals surface area contributed by atoms with Gasteiger partial charge in [-0.1, -0.05) is 18.2 Å². The van der Waals surface area contributed by atoms with Crippen molar-refractivity contribution >= 4 is 0 Å². The molecule has 100 valence electrons. The number of hydrogen-bond acceptors (Lipinski definition) is 3. The lowest BCUT2D eigenvalue weighted by Crippen LogP contribution is -2.30. The Kier molecular flexibility index (Phi) is 3.54. The molecule has 0 radical (unpaired) electrons. The van der Waals surface area contributed by atoms with E-state index in [0.29, 0.717) is 12.0 Å². The zero-order valence-corrected chi connectivity index (χ0v) is 11.5. The van der Waals surface area contributed by atoms with Crippen LogP contribution in [0.15, 0.2) is 24.3 Å². The molecular formula is C16H21N3. The first-order valence-electron chi connectivity index (χ1n) is 7.22. The van der Waals surface area contributed by atoms with Gasteiger partial charge in [0.25, 0.3) is 0 Å². The molecule has 1 saturated carbocycles. The van der Waals surface area contributed by atoms with Crippen LogP contribution in [0.2, 0.25) is 0 Å². The highest BCUT2D eigenvalue weighted by Gasteiger charge is 2.35. The first-order valence-corrected chi connectivity index (χ1v) is 7.22. The summed E-state index contributed by atoms with van der Waals surface area (Å²) in [5.74, 6) is 0.625. The summed E-state index contributed by atoms with van der Waals surface area (Å²) >= 11 is 0. The van der Waals surface area contributed by atoms with E-state index >= 15 is 0 Å². The van der Waals surface area contributed by atoms with E-state index in [1.54, 1.807) is 0 Å². The van der Waals surface area contributed by atoms with Crippen LogP contribution >= 0.6 is 0 Å². The summed E-state index contributed by atoms with van der Waals surface area (Å²) in [6.07, 6.45) is 3.89. The summed E-state index contributed by atoms with van der Waals surface area (Å²) in [5.41, 5.74) is 2.03. The lowest BCUT2D eigenvalue weighted by Gasteiger charge is -2.26. The number of hydrogen-bond donors (Lipinski definition) is 1. The molecule has 1 aromatic rings. The highest BCUT2D eigenvalue weighted by molar-refractivity contribution is 5.40. The van der Waals surface area contributed by atoms with Crippen LogP contribution in [0.3, 0.4) is 0 Å². The fourth-order valence-corrected chi connectivity index (χ4v) is 3.19. The predicted octanol–water partition coefficient (Wildman–Crippen LogP) is 2.30. The van der Waals surface area contributed by atoms with E-state index in [-0.39, 0.29) is 0 Å². The molecule has 3 nitrogen and oxygen atoms in total. The summed E-state index contributed by atoms with van der Waals surface area (Å²) < 4.78 is 0. The van der Waals surface area contributed by atoms with Gasteiger partial charge in [-0.25, -0.2) is 0 Å². The number of likely N-dealkylation sites (tertiary alicyclic amines) is 1. The van der Waals surface area contributed by atoms with Crippen molar-refractivity contribution in [1.82, 2.24) is 10.2 Å². The van der Waals surface area contributed by atoms with Gasteiger partial charge in [0.15, 0.2) is 0 Å². The monoisotopic (exact) mass is 255 g/mol. The second-order valence-electron chi connectivity index (χ2n) is 5.86. The predicted molar refractivity (Wildman–Crippen MR) is 75.7 cm³/mol. The number of nitrogens with zero attached hydrogens (tertiary/aromatic N) is 2. The Morgan fingerprint density at radius 1 is 1.32 bits per heavy atom. The Bertz CT molecular complexity index is 487. The third-order valence-electron chi connectivity index (χ3n) is 4.42. The molecule has 0 spiro atoms. The van der Waals surface area contributed by atoms with E-state index in [4.69, 9.17) is 0 Å². The Hall–Kier alpha value is -1.37. The minimum atomic E-state index is 0.391. The molecule has 1 aliphatic heterocycles. The van der Waals surface area contributed by atoms with Gasteiger partial charge in [-0.3, -0.25) is 4.90 Å². The van der Waals surface area contributed by atoms with Crippen LogP contribution in [-0.2, 0) is 0 Å². The van der Waals surface area contributed by atoms with Gasteiger partial charge in [0.2, 0.25) is 0 Å². The Morgan fingerprint density at radius 2 is 2.11 bits per heavy atom. The van der Waals surface area contributed by atoms with Crippen molar-refractivity contribution in [2.24, 2.45) is 5.92 Å². The van der Waals surface area contributed by atoms with E-state index in [0.717, 1.165) is 24.7 Å². The van der Waals surface area contributed by atoms with Gasteiger partial charge in [0, 0.05) is 18.6 Å². The SMILES string of the molecule is CN1CCC(CNC2CC2)C1c1ccccc1C#N. The van der Waals surface area contributed by atoms with Crippen LogP contribution in [0.4, 0.5) is 0 Å². The summed E-state index contributed by atoms with van der Waals surface area (Å²) in [6.45, 7) is 2.21. The van der Waals surface area contributed by atoms with Gasteiger partial charge < -0.3 is 5.32 Å². The second kappa shape index (κ2) is 5.32. The Balaban J connectivity index is 1.80. The molecule has 0 aromatic heterocycles. The fraction of sp³-hybridized carbons (Fsp3) is 0.562. The van der Waals surface area contributed by atoms with Gasteiger partial charge in [-0.15, -0.1) is 0 Å². The number of benzene rings is 1. The van der Waals surface area contributed by atoms with Crippen LogP contribution in [0.5, 0.6) is 0 Å². The molecule has 3 rings (SSSR count). The molecule has 0 amide bonds. The largest absolute Gasteiger partial charge is 0.314 e. The average Bonchev–Trinajstić information content (AvgIpc) is 3.20. The summed E-state index contributed by atoms with van der Waals surface area (Å²) in [7, 11) is 2.18. The van der Waals surface area contributed by atoms with E-state index in [1.807, 2.05) is 18.2 Å². The van der Waals surface area contributed by atoms with Gasteiger partial charge in [-0.2, -0.15) is 5.26 Å². The molecule has 2 aliphatic rings. The normalized spacial score (nSPS) is 27.4. The van der Waals surface area contributed by atoms with Crippen molar-refractivity contribution in [3.8, 4) is 6.07 Å². The van der Waals surface area contributed by atoms with Gasteiger partial charge >= 0.3 is 0 Å². The van der Waals surface area contributed by atoms with E-state index in [2.05, 4.69) is 29.4 Å². The zero-order valence-electron chi connectivity index (χ0n) is 11.5. The maximum Gasteiger partial charge on any atom is 0.0995 e. The lowest BCUT2D eigenvalue weighted by molar-refractivity contribution is 0.271. The van der Waals surface area contributed by atoms with Crippen LogP contribution in [0, 0.1) is 17.2 Å². The van der Waals surface area contributed by atoms with Crippen LogP contribution < -0.4 is 5.32 Å². The van der Waals surface area contributed by atoms with Gasteiger partial charge in [0.1, 0.15) is 0 Å². The van der Waals surface area contributed by atoms with Crippen LogP contribution in [-0.4, -0.2) is 31.1 Å². The molecule has 3 heteroatoms. The molecule has 1 aliphatic carbocycles. The van der Waals surface area contributed by atoms with Crippen molar-refractivity contribution in [3.63, 3.8) is 0 Å². The van der Waals surface area contributed by atoms with E-state index in [1.165, 1.54) is 24.8 Å². The maximum atomic E-state index is 9.30. The minimum Gasteiger partial charge on any atom is -0.314 e. The van der Waals surface area contributed by atoms with Gasteiger partial charge in [-0.05, 0) is 50.4 Å². The zero-order chi connectivity index (χ0) is 13.2. The van der Waals surface area contributed by atoms with Crippen LogP contribution in [0.1, 0.15) is 36.4 Å². The van der Waals surface area contributed by atoms with Crippen molar-refractivity contribution in [2.45, 2.75) is 31.3 Å². The van der Waals surface area contributed by atoms with Crippen molar-refractivity contribution < 1.29 is 0 Å². The molecule has 1 aromatic carbocycles. The number of nitriles is 1. The average molecular weight is 255 g/mol. The molecule has 1 saturated heterocycles. The molecule has 1 N–H and O–H groups in total. The molecule has 2 unspecified atom stereocenters. The maximum absolute atomic E-state index is 9.30. The highest BCUT2D eigenvalue weighted by atomic mass is 15.2. The van der Waals surface area contributed by atoms with E-state index < -0.39 is 0 Å². The second-order valence-corrected chi connectivity index (χ2v) is 5.86. The van der Waals surface area contributed by atoms with Gasteiger partial charge in [0.05, 0.1) is 11.6 Å². The smallest absolute Gasteiger partial charge is 0.0995 e. The Morgan fingerprint density at radius 3 is 2.84 bits per heavy atom. The minimum absolute atomic E-state index is 0.391. The molecule has 19 heavy (non-hydrogen) atoms. The summed E-state index contributed by atoms with van der Waals surface area (Å²) in [6, 6.07) is 11.6. The topological polar surface area (TPSA) is 39.1 Å². The third kappa shape index (κ3) is 2.65. The molecule has 1 heterocycles. The van der Waals surface area contributed by atoms with Crippen molar-refractivity contribution in [2.75, 3.05) is 20.1 Å². The fourth-order valence-electron chi connectivity index (χ4n) is 3.19. The van der Waals surface area contributed by atoms with Crippen molar-refractivity contribution in [1.29, 1.82) is 5.26 Å². The summed E-state index contributed by atoms with van der Waals surface area (Å²) in [5, 5.41) is 12.9.